The molecule has 4 nitrogen and oxygen atoms in total. The van der Waals surface area contributed by atoms with Crippen LogP contribution in [0.5, 0.6) is 0 Å². The fraction of sp³-hybridized carbons (Fsp3) is 0.200. The summed E-state index contributed by atoms with van der Waals surface area (Å²) in [5, 5.41) is 2.89. The highest BCUT2D eigenvalue weighted by Crippen LogP contribution is 2.33. The topological polar surface area (TPSA) is 59.3 Å². The van der Waals surface area contributed by atoms with E-state index in [1.54, 1.807) is 0 Å². The Balaban J connectivity index is 2.11. The molecule has 1 N–H and O–H groups in total. The Hall–Kier alpha value is -2.61. The van der Waals surface area contributed by atoms with Gasteiger partial charge in [0.1, 0.15) is 11.4 Å². The minimum atomic E-state index is -0.538. The van der Waals surface area contributed by atoms with Crippen LogP contribution in [0, 0.1) is 18.2 Å². The van der Waals surface area contributed by atoms with Crippen LogP contribution in [0.2, 0.25) is 0 Å². The average molecular weight is 271 g/mol. The van der Waals surface area contributed by atoms with Gasteiger partial charge in [0.25, 0.3) is 0 Å². The van der Waals surface area contributed by atoms with Gasteiger partial charge in [-0.25, -0.2) is 4.39 Å². The second-order valence-corrected chi connectivity index (χ2v) is 4.67. The summed E-state index contributed by atoms with van der Waals surface area (Å²) in [5.41, 5.74) is 1.08. The second kappa shape index (κ2) is 4.49. The van der Waals surface area contributed by atoms with Crippen molar-refractivity contribution in [1.29, 1.82) is 0 Å². The van der Waals surface area contributed by atoms with Crippen LogP contribution in [0.3, 0.4) is 0 Å². The van der Waals surface area contributed by atoms with Gasteiger partial charge in [-0.05, 0) is 12.5 Å². The van der Waals surface area contributed by atoms with Crippen LogP contribution in [-0.2, 0) is 9.59 Å². The van der Waals surface area contributed by atoms with Crippen molar-refractivity contribution in [3.63, 3.8) is 0 Å². The number of nitrogens with one attached hydrogen (secondary N) is 1. The molecule has 1 fully saturated rings. The van der Waals surface area contributed by atoms with Crippen molar-refractivity contribution in [3.05, 3.63) is 35.3 Å². The van der Waals surface area contributed by atoms with Crippen LogP contribution in [0.1, 0.15) is 29.9 Å². The normalized spacial score (nSPS) is 18.9. The summed E-state index contributed by atoms with van der Waals surface area (Å²) >= 11 is 0. The van der Waals surface area contributed by atoms with Gasteiger partial charge >= 0.3 is 0 Å². The molecule has 2 heterocycles. The zero-order valence-electron chi connectivity index (χ0n) is 10.4. The number of carbonyl (C=O) groups excluding carboxylic acids is 2. The lowest BCUT2D eigenvalue weighted by Gasteiger charge is -2.19. The molecule has 0 bridgehead atoms. The average Bonchev–Trinajstić information content (AvgIpc) is 2.80. The van der Waals surface area contributed by atoms with Crippen molar-refractivity contribution in [2.45, 2.75) is 18.8 Å². The molecule has 1 aliphatic heterocycles. The third kappa shape index (κ3) is 1.86. The van der Waals surface area contributed by atoms with Gasteiger partial charge in [0.2, 0.25) is 11.8 Å². The summed E-state index contributed by atoms with van der Waals surface area (Å²) in [6.45, 7) is 0. The van der Waals surface area contributed by atoms with E-state index in [0.29, 0.717) is 23.0 Å². The monoisotopic (exact) mass is 271 g/mol. The molecule has 0 spiro atoms. The molecule has 100 valence electrons. The molecular formula is C15H10FNO3. The first-order valence-electron chi connectivity index (χ1n) is 6.11. The number of halogens is 1. The van der Waals surface area contributed by atoms with Gasteiger partial charge in [-0.3, -0.25) is 14.9 Å². The highest BCUT2D eigenvalue weighted by molar-refractivity contribution is 6.02. The highest BCUT2D eigenvalue weighted by atomic mass is 19.1. The van der Waals surface area contributed by atoms with E-state index in [4.69, 9.17) is 10.8 Å². The number of piperidine rings is 1. The predicted molar refractivity (Wildman–Crippen MR) is 69.2 cm³/mol. The number of hydrogen-bond acceptors (Lipinski definition) is 3. The summed E-state index contributed by atoms with van der Waals surface area (Å²) in [6.07, 6.45) is 7.34. The smallest absolute Gasteiger partial charge is 0.234 e. The summed E-state index contributed by atoms with van der Waals surface area (Å²) < 4.78 is 18.9. The van der Waals surface area contributed by atoms with E-state index >= 15 is 0 Å². The molecule has 20 heavy (non-hydrogen) atoms. The molecule has 1 aromatic heterocycles. The minimum absolute atomic E-state index is 0.118. The lowest BCUT2D eigenvalue weighted by molar-refractivity contribution is -0.134. The van der Waals surface area contributed by atoms with Crippen molar-refractivity contribution in [1.82, 2.24) is 5.32 Å². The predicted octanol–water partition coefficient (Wildman–Crippen LogP) is 2.07. The summed E-state index contributed by atoms with van der Waals surface area (Å²) in [6, 6.07) is 2.70. The number of benzene rings is 1. The first kappa shape index (κ1) is 12.4. The van der Waals surface area contributed by atoms with Crippen molar-refractivity contribution >= 4 is 22.8 Å². The van der Waals surface area contributed by atoms with E-state index < -0.39 is 11.7 Å². The first-order chi connectivity index (χ1) is 9.60. The maximum Gasteiger partial charge on any atom is 0.234 e. The van der Waals surface area contributed by atoms with Gasteiger partial charge in [0.15, 0.2) is 0 Å². The van der Waals surface area contributed by atoms with Crippen molar-refractivity contribution in [2.24, 2.45) is 0 Å². The zero-order chi connectivity index (χ0) is 14.3. The first-order valence-corrected chi connectivity index (χ1v) is 6.11. The molecule has 0 radical (unpaired) electrons. The molecule has 0 saturated carbocycles. The minimum Gasteiger partial charge on any atom is -0.464 e. The molecule has 3 rings (SSSR count). The molecule has 1 saturated heterocycles. The number of imide groups is 1. The van der Waals surface area contributed by atoms with Gasteiger partial charge in [-0.2, -0.15) is 0 Å². The highest BCUT2D eigenvalue weighted by Gasteiger charge is 2.30. The Labute approximate surface area is 113 Å². The number of amides is 2. The maximum absolute atomic E-state index is 13.6. The summed E-state index contributed by atoms with van der Waals surface area (Å²) in [4.78, 5) is 23.0. The molecule has 1 aromatic carbocycles. The number of hydrogen-bond donors (Lipinski definition) is 1. The number of furan rings is 1. The number of carbonyl (C=O) groups is 2. The van der Waals surface area contributed by atoms with Crippen LogP contribution < -0.4 is 5.32 Å². The Kier molecular flexibility index (Phi) is 2.79. The van der Waals surface area contributed by atoms with E-state index in [0.717, 1.165) is 0 Å². The Morgan fingerprint density at radius 3 is 2.90 bits per heavy atom. The van der Waals surface area contributed by atoms with Crippen molar-refractivity contribution in [2.75, 3.05) is 0 Å². The van der Waals surface area contributed by atoms with Gasteiger partial charge in [-0.15, -0.1) is 6.42 Å². The zero-order valence-corrected chi connectivity index (χ0v) is 10.4. The Bertz CT molecular complexity index is 769. The van der Waals surface area contributed by atoms with Crippen LogP contribution in [0.4, 0.5) is 4.39 Å². The molecular weight excluding hydrogens is 261 g/mol. The lowest BCUT2D eigenvalue weighted by atomic mass is 9.90. The number of fused-ring (bicyclic) bond motifs is 1. The van der Waals surface area contributed by atoms with Gasteiger partial charge in [0, 0.05) is 23.4 Å². The molecule has 1 atom stereocenters. The van der Waals surface area contributed by atoms with Gasteiger partial charge in [0.05, 0.1) is 17.7 Å². The maximum atomic E-state index is 13.6. The molecule has 0 aliphatic carbocycles. The standard InChI is InChI=1S/C15H10FNO3/c1-2-8-5-10-11(7-20-13(10)6-12(8)16)9-3-4-14(18)17-15(9)19/h1,5-7,9H,3-4H2,(H,17,18,19). The van der Waals surface area contributed by atoms with Crippen molar-refractivity contribution in [3.8, 4) is 12.3 Å². The van der Waals surface area contributed by atoms with E-state index in [2.05, 4.69) is 11.2 Å². The molecule has 5 heteroatoms. The lowest BCUT2D eigenvalue weighted by Crippen LogP contribution is -2.39. The van der Waals surface area contributed by atoms with E-state index in [9.17, 15) is 14.0 Å². The van der Waals surface area contributed by atoms with Crippen LogP contribution in [-0.4, -0.2) is 11.8 Å². The third-order valence-electron chi connectivity index (χ3n) is 3.46. The van der Waals surface area contributed by atoms with Crippen LogP contribution in [0.15, 0.2) is 22.8 Å². The van der Waals surface area contributed by atoms with Crippen LogP contribution in [0.25, 0.3) is 11.0 Å². The van der Waals surface area contributed by atoms with Crippen molar-refractivity contribution < 1.29 is 18.4 Å². The fourth-order valence-corrected chi connectivity index (χ4v) is 2.44. The quantitative estimate of drug-likeness (QED) is 0.638. The van der Waals surface area contributed by atoms with E-state index in [1.165, 1.54) is 18.4 Å². The van der Waals surface area contributed by atoms with Crippen LogP contribution >= 0.6 is 0 Å². The summed E-state index contributed by atoms with van der Waals surface area (Å²) in [5.74, 6) is 0.587. The SMILES string of the molecule is C#Cc1cc2c(C3CCC(=O)NC3=O)coc2cc1F. The molecule has 1 aliphatic rings. The summed E-state index contributed by atoms with van der Waals surface area (Å²) in [7, 11) is 0. The second-order valence-electron chi connectivity index (χ2n) is 4.67. The fourth-order valence-electron chi connectivity index (χ4n) is 2.44. The largest absolute Gasteiger partial charge is 0.464 e. The van der Waals surface area contributed by atoms with E-state index in [-0.39, 0.29) is 23.8 Å². The Morgan fingerprint density at radius 2 is 2.20 bits per heavy atom. The number of rotatable bonds is 1. The Morgan fingerprint density at radius 1 is 1.40 bits per heavy atom. The van der Waals surface area contributed by atoms with Gasteiger partial charge < -0.3 is 4.42 Å². The molecule has 1 unspecified atom stereocenters. The molecule has 2 amide bonds. The number of terminal acetylenes is 1. The third-order valence-corrected chi connectivity index (χ3v) is 3.46. The molecule has 2 aromatic rings. The van der Waals surface area contributed by atoms with E-state index in [1.807, 2.05) is 0 Å². The van der Waals surface area contributed by atoms with Gasteiger partial charge in [-0.1, -0.05) is 5.92 Å².